The van der Waals surface area contributed by atoms with Crippen molar-refractivity contribution in [1.82, 2.24) is 14.4 Å². The van der Waals surface area contributed by atoms with Gasteiger partial charge in [0.25, 0.3) is 5.91 Å². The van der Waals surface area contributed by atoms with Gasteiger partial charge in [-0.3, -0.25) is 4.79 Å². The normalized spacial score (nSPS) is 27.1. The van der Waals surface area contributed by atoms with Crippen molar-refractivity contribution < 1.29 is 4.79 Å². The molecule has 0 bridgehead atoms. The van der Waals surface area contributed by atoms with Crippen LogP contribution in [0.2, 0.25) is 0 Å². The Kier molecular flexibility index (Phi) is 3.16. The van der Waals surface area contributed by atoms with Crippen LogP contribution in [0.4, 0.5) is 0 Å². The number of fused-ring (bicyclic) bond motifs is 1. The van der Waals surface area contributed by atoms with Gasteiger partial charge in [-0.25, -0.2) is 0 Å². The molecule has 2 atom stereocenters. The van der Waals surface area contributed by atoms with Crippen molar-refractivity contribution in [1.29, 1.82) is 0 Å². The van der Waals surface area contributed by atoms with Crippen LogP contribution in [0, 0.1) is 5.92 Å². The van der Waals surface area contributed by atoms with E-state index in [9.17, 15) is 4.79 Å². The Bertz CT molecular complexity index is 514. The zero-order valence-corrected chi connectivity index (χ0v) is 13.0. The van der Waals surface area contributed by atoms with E-state index in [-0.39, 0.29) is 11.4 Å². The summed E-state index contributed by atoms with van der Waals surface area (Å²) in [6, 6.07) is 2.52. The summed E-state index contributed by atoms with van der Waals surface area (Å²) in [5.74, 6) is 0.865. The summed E-state index contributed by atoms with van der Waals surface area (Å²) in [6.45, 7) is 9.44. The zero-order valence-electron chi connectivity index (χ0n) is 13.0. The minimum atomic E-state index is 0.0280. The van der Waals surface area contributed by atoms with Gasteiger partial charge < -0.3 is 14.4 Å². The summed E-state index contributed by atoms with van der Waals surface area (Å²) in [7, 11) is 2.18. The van der Waals surface area contributed by atoms with E-state index in [1.807, 2.05) is 23.4 Å². The van der Waals surface area contributed by atoms with Crippen LogP contribution in [0.25, 0.3) is 0 Å². The number of carbonyl (C=O) groups is 1. The Labute approximate surface area is 121 Å². The van der Waals surface area contributed by atoms with Crippen molar-refractivity contribution in [3.63, 3.8) is 0 Å². The third-order valence-electron chi connectivity index (χ3n) is 4.83. The lowest BCUT2D eigenvalue weighted by Gasteiger charge is -2.22. The first kappa shape index (κ1) is 13.7. The molecule has 0 saturated carbocycles. The Hall–Kier alpha value is -1.29. The zero-order chi connectivity index (χ0) is 14.5. The summed E-state index contributed by atoms with van der Waals surface area (Å²) >= 11 is 0. The molecule has 0 radical (unpaired) electrons. The van der Waals surface area contributed by atoms with Gasteiger partial charge in [0.1, 0.15) is 0 Å². The number of amides is 1. The molecule has 20 heavy (non-hydrogen) atoms. The van der Waals surface area contributed by atoms with Gasteiger partial charge in [-0.1, -0.05) is 0 Å². The second-order valence-corrected chi connectivity index (χ2v) is 7.29. The predicted molar refractivity (Wildman–Crippen MR) is 79.9 cm³/mol. The highest BCUT2D eigenvalue weighted by molar-refractivity contribution is 5.94. The highest BCUT2D eigenvalue weighted by Crippen LogP contribution is 2.31. The fraction of sp³-hybridized carbons (Fsp3) is 0.688. The molecule has 2 saturated heterocycles. The Balaban J connectivity index is 1.73. The minimum Gasteiger partial charge on any atom is -0.348 e. The van der Waals surface area contributed by atoms with Gasteiger partial charge in [0, 0.05) is 37.1 Å². The number of likely N-dealkylation sites (tertiary alicyclic amines) is 2. The van der Waals surface area contributed by atoms with Crippen LogP contribution >= 0.6 is 0 Å². The maximum Gasteiger partial charge on any atom is 0.255 e. The van der Waals surface area contributed by atoms with E-state index in [0.29, 0.717) is 12.0 Å². The molecular formula is C16H25N3O. The van der Waals surface area contributed by atoms with E-state index >= 15 is 0 Å². The SMILES string of the molecule is CN1CCC2CN(C(=O)c3ccn(C(C)(C)C)c3)CC21. The van der Waals surface area contributed by atoms with Crippen LogP contribution in [-0.2, 0) is 5.54 Å². The lowest BCUT2D eigenvalue weighted by Crippen LogP contribution is -2.35. The quantitative estimate of drug-likeness (QED) is 0.784. The molecule has 2 aliphatic heterocycles. The van der Waals surface area contributed by atoms with Crippen molar-refractivity contribution in [2.75, 3.05) is 26.7 Å². The number of likely N-dealkylation sites (N-methyl/N-ethyl adjacent to an activating group) is 1. The van der Waals surface area contributed by atoms with E-state index in [4.69, 9.17) is 0 Å². The molecular weight excluding hydrogens is 250 g/mol. The van der Waals surface area contributed by atoms with Gasteiger partial charge in [0.05, 0.1) is 5.56 Å². The standard InChI is InChI=1S/C16H25N3O/c1-16(2,3)19-8-6-13(10-19)15(20)18-9-12-5-7-17(4)14(12)11-18/h6,8,10,12,14H,5,7,9,11H2,1-4H3. The Morgan fingerprint density at radius 2 is 2.05 bits per heavy atom. The van der Waals surface area contributed by atoms with E-state index in [1.165, 1.54) is 13.0 Å². The van der Waals surface area contributed by atoms with Crippen LogP contribution in [0.5, 0.6) is 0 Å². The molecule has 0 N–H and O–H groups in total. The van der Waals surface area contributed by atoms with Gasteiger partial charge in [-0.15, -0.1) is 0 Å². The highest BCUT2D eigenvalue weighted by Gasteiger charge is 2.41. The van der Waals surface area contributed by atoms with Crippen LogP contribution < -0.4 is 0 Å². The maximum atomic E-state index is 12.6. The lowest BCUT2D eigenvalue weighted by molar-refractivity contribution is 0.0774. The molecule has 3 rings (SSSR count). The molecule has 2 aliphatic rings. The fourth-order valence-electron chi connectivity index (χ4n) is 3.46. The monoisotopic (exact) mass is 275 g/mol. The highest BCUT2D eigenvalue weighted by atomic mass is 16.2. The van der Waals surface area contributed by atoms with Crippen molar-refractivity contribution in [3.8, 4) is 0 Å². The number of hydrogen-bond acceptors (Lipinski definition) is 2. The number of carbonyl (C=O) groups excluding carboxylic acids is 1. The van der Waals surface area contributed by atoms with Crippen molar-refractivity contribution in [2.24, 2.45) is 5.92 Å². The number of nitrogens with zero attached hydrogens (tertiary/aromatic N) is 3. The average Bonchev–Trinajstić information content (AvgIpc) is 3.04. The molecule has 2 fully saturated rings. The third kappa shape index (κ3) is 2.26. The molecule has 0 aromatic carbocycles. The number of aromatic nitrogens is 1. The van der Waals surface area contributed by atoms with Gasteiger partial charge >= 0.3 is 0 Å². The molecule has 3 heterocycles. The number of rotatable bonds is 1. The van der Waals surface area contributed by atoms with Crippen LogP contribution in [0.1, 0.15) is 37.6 Å². The van der Waals surface area contributed by atoms with E-state index in [2.05, 4.69) is 37.3 Å². The second kappa shape index (κ2) is 4.62. The van der Waals surface area contributed by atoms with Gasteiger partial charge in [-0.05, 0) is 52.8 Å². The van der Waals surface area contributed by atoms with E-state index in [1.54, 1.807) is 0 Å². The van der Waals surface area contributed by atoms with Crippen molar-refractivity contribution in [3.05, 3.63) is 24.0 Å². The summed E-state index contributed by atoms with van der Waals surface area (Å²) in [6.07, 6.45) is 5.23. The van der Waals surface area contributed by atoms with E-state index < -0.39 is 0 Å². The van der Waals surface area contributed by atoms with Gasteiger partial charge in [-0.2, -0.15) is 0 Å². The molecule has 1 aromatic rings. The molecule has 110 valence electrons. The van der Waals surface area contributed by atoms with E-state index in [0.717, 1.165) is 18.7 Å². The Morgan fingerprint density at radius 3 is 2.65 bits per heavy atom. The lowest BCUT2D eigenvalue weighted by atomic mass is 10.1. The third-order valence-corrected chi connectivity index (χ3v) is 4.83. The van der Waals surface area contributed by atoms with Crippen LogP contribution in [0.15, 0.2) is 18.5 Å². The van der Waals surface area contributed by atoms with Gasteiger partial charge in [0.2, 0.25) is 0 Å². The first-order valence-electron chi connectivity index (χ1n) is 7.54. The second-order valence-electron chi connectivity index (χ2n) is 7.29. The van der Waals surface area contributed by atoms with Crippen LogP contribution in [-0.4, -0.2) is 53.0 Å². The molecule has 4 nitrogen and oxygen atoms in total. The molecule has 1 aromatic heterocycles. The topological polar surface area (TPSA) is 28.5 Å². The molecule has 2 unspecified atom stereocenters. The fourth-order valence-corrected chi connectivity index (χ4v) is 3.46. The first-order chi connectivity index (χ1) is 9.36. The summed E-state index contributed by atoms with van der Waals surface area (Å²) in [5.41, 5.74) is 0.850. The smallest absolute Gasteiger partial charge is 0.255 e. The molecule has 0 spiro atoms. The van der Waals surface area contributed by atoms with Gasteiger partial charge in [0.15, 0.2) is 0 Å². The molecule has 1 amide bonds. The Morgan fingerprint density at radius 1 is 1.30 bits per heavy atom. The molecule has 4 heteroatoms. The average molecular weight is 275 g/mol. The summed E-state index contributed by atoms with van der Waals surface area (Å²) in [4.78, 5) is 17.1. The first-order valence-corrected chi connectivity index (χ1v) is 7.54. The predicted octanol–water partition coefficient (Wildman–Crippen LogP) is 2.02. The largest absolute Gasteiger partial charge is 0.348 e. The summed E-state index contributed by atoms with van der Waals surface area (Å²) < 4.78 is 2.11. The minimum absolute atomic E-state index is 0.0280. The van der Waals surface area contributed by atoms with Crippen molar-refractivity contribution >= 4 is 5.91 Å². The number of hydrogen-bond donors (Lipinski definition) is 0. The van der Waals surface area contributed by atoms with Crippen molar-refractivity contribution in [2.45, 2.75) is 38.8 Å². The summed E-state index contributed by atoms with van der Waals surface area (Å²) in [5, 5.41) is 0. The maximum absolute atomic E-state index is 12.6. The van der Waals surface area contributed by atoms with Crippen LogP contribution in [0.3, 0.4) is 0 Å². The molecule has 0 aliphatic carbocycles.